The standard InChI is InChI=1S/C9H15N3/c1-6(2)9(11)7-3-4-8(10)12-5-7/h3-6,9H,11H2,1-2H3,(H2,10,12)/t9-/m1/s1. The van der Waals surface area contributed by atoms with Crippen LogP contribution in [0.3, 0.4) is 0 Å². The first-order chi connectivity index (χ1) is 5.61. The zero-order chi connectivity index (χ0) is 9.14. The van der Waals surface area contributed by atoms with Gasteiger partial charge in [0.25, 0.3) is 0 Å². The molecule has 3 heteroatoms. The van der Waals surface area contributed by atoms with E-state index >= 15 is 0 Å². The molecule has 1 heterocycles. The van der Waals surface area contributed by atoms with Crippen LogP contribution in [-0.4, -0.2) is 4.98 Å². The summed E-state index contributed by atoms with van der Waals surface area (Å²) in [5.74, 6) is 0.963. The SMILES string of the molecule is CC(C)[C@@H](N)c1ccc(N)nc1. The Balaban J connectivity index is 2.82. The highest BCUT2D eigenvalue weighted by atomic mass is 14.8. The predicted molar refractivity (Wildman–Crippen MR) is 50.4 cm³/mol. The Morgan fingerprint density at radius 2 is 2.00 bits per heavy atom. The van der Waals surface area contributed by atoms with E-state index in [0.717, 1.165) is 5.56 Å². The smallest absolute Gasteiger partial charge is 0.123 e. The lowest BCUT2D eigenvalue weighted by Crippen LogP contribution is -2.16. The molecule has 1 atom stereocenters. The van der Waals surface area contributed by atoms with Crippen molar-refractivity contribution >= 4 is 5.82 Å². The van der Waals surface area contributed by atoms with Crippen LogP contribution < -0.4 is 11.5 Å². The molecule has 0 bridgehead atoms. The summed E-state index contributed by atoms with van der Waals surface area (Å²) in [5.41, 5.74) is 12.4. The minimum Gasteiger partial charge on any atom is -0.384 e. The number of nitrogens with two attached hydrogens (primary N) is 2. The van der Waals surface area contributed by atoms with Crippen molar-refractivity contribution in [2.24, 2.45) is 11.7 Å². The minimum atomic E-state index is 0.0538. The Hall–Kier alpha value is -1.09. The fraction of sp³-hybridized carbons (Fsp3) is 0.444. The molecule has 1 aromatic heterocycles. The van der Waals surface area contributed by atoms with Crippen molar-refractivity contribution in [1.82, 2.24) is 4.98 Å². The number of aromatic nitrogens is 1. The van der Waals surface area contributed by atoms with E-state index in [2.05, 4.69) is 18.8 Å². The Labute approximate surface area is 72.8 Å². The maximum absolute atomic E-state index is 5.91. The molecule has 12 heavy (non-hydrogen) atoms. The summed E-state index contributed by atoms with van der Waals surface area (Å²) in [4.78, 5) is 3.98. The monoisotopic (exact) mass is 165 g/mol. The lowest BCUT2D eigenvalue weighted by atomic mass is 9.99. The first kappa shape index (κ1) is 9.00. The van der Waals surface area contributed by atoms with Crippen LogP contribution >= 0.6 is 0 Å². The minimum absolute atomic E-state index is 0.0538. The van der Waals surface area contributed by atoms with Gasteiger partial charge in [-0.15, -0.1) is 0 Å². The number of nitrogens with zero attached hydrogens (tertiary/aromatic N) is 1. The average molecular weight is 165 g/mol. The van der Waals surface area contributed by atoms with Crippen LogP contribution in [0.2, 0.25) is 0 Å². The van der Waals surface area contributed by atoms with Gasteiger partial charge in [0.05, 0.1) is 0 Å². The fourth-order valence-corrected chi connectivity index (χ4v) is 0.999. The lowest BCUT2D eigenvalue weighted by molar-refractivity contribution is 0.513. The van der Waals surface area contributed by atoms with Gasteiger partial charge in [-0.05, 0) is 17.5 Å². The molecule has 0 saturated heterocycles. The van der Waals surface area contributed by atoms with Gasteiger partial charge in [-0.2, -0.15) is 0 Å². The quantitative estimate of drug-likeness (QED) is 0.694. The highest BCUT2D eigenvalue weighted by molar-refractivity contribution is 5.30. The van der Waals surface area contributed by atoms with Gasteiger partial charge in [-0.1, -0.05) is 19.9 Å². The van der Waals surface area contributed by atoms with E-state index < -0.39 is 0 Å². The molecule has 0 aromatic carbocycles. The molecule has 3 nitrogen and oxygen atoms in total. The zero-order valence-electron chi connectivity index (χ0n) is 7.49. The van der Waals surface area contributed by atoms with Crippen LogP contribution in [0.25, 0.3) is 0 Å². The first-order valence-electron chi connectivity index (χ1n) is 4.08. The molecule has 0 saturated carbocycles. The average Bonchev–Trinajstić information content (AvgIpc) is 2.04. The van der Waals surface area contributed by atoms with Gasteiger partial charge in [0.1, 0.15) is 5.82 Å². The molecule has 0 aliphatic rings. The lowest BCUT2D eigenvalue weighted by Gasteiger charge is -2.15. The Kier molecular flexibility index (Phi) is 2.65. The van der Waals surface area contributed by atoms with E-state index in [1.807, 2.05) is 6.07 Å². The third-order valence-electron chi connectivity index (χ3n) is 1.91. The maximum atomic E-state index is 5.91. The second-order valence-electron chi connectivity index (χ2n) is 3.29. The number of anilines is 1. The van der Waals surface area contributed by atoms with E-state index in [1.54, 1.807) is 12.3 Å². The second-order valence-corrected chi connectivity index (χ2v) is 3.29. The number of hydrogen-bond donors (Lipinski definition) is 2. The molecule has 0 spiro atoms. The van der Waals surface area contributed by atoms with Crippen LogP contribution in [0.1, 0.15) is 25.5 Å². The molecule has 0 unspecified atom stereocenters. The molecule has 66 valence electrons. The van der Waals surface area contributed by atoms with Crippen LogP contribution in [0.5, 0.6) is 0 Å². The molecule has 0 fully saturated rings. The number of rotatable bonds is 2. The van der Waals surface area contributed by atoms with Crippen LogP contribution in [0.15, 0.2) is 18.3 Å². The van der Waals surface area contributed by atoms with Crippen molar-refractivity contribution in [3.8, 4) is 0 Å². The summed E-state index contributed by atoms with van der Waals surface area (Å²) in [7, 11) is 0. The van der Waals surface area contributed by atoms with Gasteiger partial charge in [-0.3, -0.25) is 0 Å². The van der Waals surface area contributed by atoms with Gasteiger partial charge in [0, 0.05) is 12.2 Å². The van der Waals surface area contributed by atoms with Crippen molar-refractivity contribution in [3.63, 3.8) is 0 Å². The van der Waals surface area contributed by atoms with Crippen molar-refractivity contribution in [2.45, 2.75) is 19.9 Å². The zero-order valence-corrected chi connectivity index (χ0v) is 7.49. The summed E-state index contributed by atoms with van der Waals surface area (Å²) in [5, 5.41) is 0. The molecular weight excluding hydrogens is 150 g/mol. The van der Waals surface area contributed by atoms with Gasteiger partial charge in [0.15, 0.2) is 0 Å². The van der Waals surface area contributed by atoms with Crippen molar-refractivity contribution in [3.05, 3.63) is 23.9 Å². The third-order valence-corrected chi connectivity index (χ3v) is 1.91. The summed E-state index contributed by atoms with van der Waals surface area (Å²) in [6.07, 6.45) is 1.74. The number of pyridine rings is 1. The summed E-state index contributed by atoms with van der Waals surface area (Å²) in [6.45, 7) is 4.17. The third kappa shape index (κ3) is 1.95. The van der Waals surface area contributed by atoms with Crippen LogP contribution in [0.4, 0.5) is 5.82 Å². The Bertz CT molecular complexity index is 240. The second kappa shape index (κ2) is 3.54. The molecule has 0 radical (unpaired) electrons. The Morgan fingerprint density at radius 1 is 1.33 bits per heavy atom. The van der Waals surface area contributed by atoms with E-state index in [4.69, 9.17) is 11.5 Å². The molecule has 0 aliphatic carbocycles. The van der Waals surface area contributed by atoms with Gasteiger partial charge in [-0.25, -0.2) is 4.98 Å². The van der Waals surface area contributed by atoms with Crippen molar-refractivity contribution < 1.29 is 0 Å². The first-order valence-corrected chi connectivity index (χ1v) is 4.08. The van der Waals surface area contributed by atoms with Crippen LogP contribution in [-0.2, 0) is 0 Å². The molecule has 1 aromatic rings. The topological polar surface area (TPSA) is 64.9 Å². The fourth-order valence-electron chi connectivity index (χ4n) is 0.999. The summed E-state index contributed by atoms with van der Waals surface area (Å²) in [6, 6.07) is 3.75. The number of nitrogen functional groups attached to an aromatic ring is 1. The Morgan fingerprint density at radius 3 is 2.42 bits per heavy atom. The van der Waals surface area contributed by atoms with E-state index in [-0.39, 0.29) is 6.04 Å². The normalized spacial score (nSPS) is 13.3. The molecule has 4 N–H and O–H groups in total. The van der Waals surface area contributed by atoms with E-state index in [9.17, 15) is 0 Å². The predicted octanol–water partition coefficient (Wildman–Crippen LogP) is 1.32. The van der Waals surface area contributed by atoms with Crippen molar-refractivity contribution in [1.29, 1.82) is 0 Å². The van der Waals surface area contributed by atoms with Gasteiger partial charge < -0.3 is 11.5 Å². The summed E-state index contributed by atoms with van der Waals surface area (Å²) >= 11 is 0. The molecule has 0 amide bonds. The molecule has 0 aliphatic heterocycles. The van der Waals surface area contributed by atoms with E-state index in [0.29, 0.717) is 11.7 Å². The highest BCUT2D eigenvalue weighted by Gasteiger charge is 2.09. The number of hydrogen-bond acceptors (Lipinski definition) is 3. The summed E-state index contributed by atoms with van der Waals surface area (Å²) < 4.78 is 0. The molecule has 1 rings (SSSR count). The largest absolute Gasteiger partial charge is 0.384 e. The van der Waals surface area contributed by atoms with E-state index in [1.165, 1.54) is 0 Å². The van der Waals surface area contributed by atoms with Crippen molar-refractivity contribution in [2.75, 3.05) is 5.73 Å². The van der Waals surface area contributed by atoms with Gasteiger partial charge >= 0.3 is 0 Å². The maximum Gasteiger partial charge on any atom is 0.123 e. The van der Waals surface area contributed by atoms with Gasteiger partial charge in [0.2, 0.25) is 0 Å². The van der Waals surface area contributed by atoms with Crippen LogP contribution in [0, 0.1) is 5.92 Å². The molecular formula is C9H15N3. The highest BCUT2D eigenvalue weighted by Crippen LogP contribution is 2.17.